The summed E-state index contributed by atoms with van der Waals surface area (Å²) >= 11 is 7.51. The molecule has 1 aromatic rings. The summed E-state index contributed by atoms with van der Waals surface area (Å²) in [5, 5.41) is 3.28. The van der Waals surface area contributed by atoms with E-state index in [9.17, 15) is 0 Å². The van der Waals surface area contributed by atoms with E-state index >= 15 is 0 Å². The van der Waals surface area contributed by atoms with Crippen LogP contribution in [-0.4, -0.2) is 41.7 Å². The summed E-state index contributed by atoms with van der Waals surface area (Å²) in [6.45, 7) is 3.08. The first-order chi connectivity index (χ1) is 8.86. The predicted molar refractivity (Wildman–Crippen MR) is 74.3 cm³/mol. The van der Waals surface area contributed by atoms with Crippen LogP contribution in [0.1, 0.15) is 30.0 Å². The van der Waals surface area contributed by atoms with Crippen LogP contribution in [0.4, 0.5) is 0 Å². The Morgan fingerprint density at radius 2 is 2.44 bits per heavy atom. The minimum atomic E-state index is 0.494. The van der Waals surface area contributed by atoms with Crippen LogP contribution >= 0.6 is 22.9 Å². The van der Waals surface area contributed by atoms with Crippen molar-refractivity contribution < 1.29 is 4.74 Å². The van der Waals surface area contributed by atoms with Crippen molar-refractivity contribution in [2.75, 3.05) is 19.7 Å². The zero-order valence-electron chi connectivity index (χ0n) is 10.5. The van der Waals surface area contributed by atoms with Crippen LogP contribution in [0.3, 0.4) is 0 Å². The van der Waals surface area contributed by atoms with Gasteiger partial charge in [-0.2, -0.15) is 0 Å². The molecule has 1 aliphatic carbocycles. The molecule has 3 nitrogen and oxygen atoms in total. The molecule has 3 rings (SSSR count). The highest BCUT2D eigenvalue weighted by atomic mass is 35.5. The van der Waals surface area contributed by atoms with Crippen molar-refractivity contribution in [2.45, 2.75) is 43.7 Å². The molecular formula is C13H19ClN2OS. The average Bonchev–Trinajstić information content (AvgIpc) is 3.05. The Morgan fingerprint density at radius 1 is 1.50 bits per heavy atom. The molecule has 2 unspecified atom stereocenters. The maximum Gasteiger partial charge on any atom is 0.0941 e. The summed E-state index contributed by atoms with van der Waals surface area (Å²) in [6, 6.07) is 0.659. The molecule has 1 aromatic heterocycles. The van der Waals surface area contributed by atoms with Crippen molar-refractivity contribution in [1.82, 2.24) is 9.88 Å². The number of morpholine rings is 1. The zero-order chi connectivity index (χ0) is 12.4. The van der Waals surface area contributed by atoms with Crippen LogP contribution in [0.5, 0.6) is 0 Å². The van der Waals surface area contributed by atoms with Gasteiger partial charge < -0.3 is 4.74 Å². The molecule has 1 aliphatic heterocycles. The first-order valence-electron chi connectivity index (χ1n) is 6.71. The van der Waals surface area contributed by atoms with Crippen molar-refractivity contribution in [3.05, 3.63) is 16.1 Å². The number of aromatic nitrogens is 1. The van der Waals surface area contributed by atoms with Gasteiger partial charge in [-0.1, -0.05) is 0 Å². The molecule has 2 heterocycles. The maximum atomic E-state index is 5.83. The third kappa shape index (κ3) is 2.72. The summed E-state index contributed by atoms with van der Waals surface area (Å²) in [6.07, 6.45) is 5.41. The Bertz CT molecular complexity index is 398. The molecule has 0 N–H and O–H groups in total. The molecule has 1 saturated heterocycles. The van der Waals surface area contributed by atoms with E-state index < -0.39 is 0 Å². The fourth-order valence-corrected chi connectivity index (χ4v) is 4.06. The lowest BCUT2D eigenvalue weighted by molar-refractivity contribution is -0.0549. The largest absolute Gasteiger partial charge is 0.375 e. The molecular weight excluding hydrogens is 268 g/mol. The van der Waals surface area contributed by atoms with Crippen molar-refractivity contribution in [2.24, 2.45) is 0 Å². The molecule has 0 radical (unpaired) electrons. The second-order valence-electron chi connectivity index (χ2n) is 5.06. The van der Waals surface area contributed by atoms with Crippen LogP contribution in [0.25, 0.3) is 0 Å². The minimum absolute atomic E-state index is 0.494. The van der Waals surface area contributed by atoms with Gasteiger partial charge in [-0.3, -0.25) is 4.90 Å². The van der Waals surface area contributed by atoms with Crippen LogP contribution < -0.4 is 0 Å². The average molecular weight is 287 g/mol. The minimum Gasteiger partial charge on any atom is -0.375 e. The number of hydrogen-bond donors (Lipinski definition) is 0. The van der Waals surface area contributed by atoms with Crippen LogP contribution in [-0.2, 0) is 17.0 Å². The molecule has 100 valence electrons. The van der Waals surface area contributed by atoms with E-state index in [2.05, 4.69) is 15.3 Å². The lowest BCUT2D eigenvalue weighted by atomic mass is 10.1. The number of nitrogens with zero attached hydrogens (tertiary/aromatic N) is 2. The van der Waals surface area contributed by atoms with Crippen LogP contribution in [0.2, 0.25) is 0 Å². The van der Waals surface area contributed by atoms with E-state index in [1.165, 1.54) is 24.3 Å². The van der Waals surface area contributed by atoms with E-state index in [-0.39, 0.29) is 0 Å². The van der Waals surface area contributed by atoms with Gasteiger partial charge >= 0.3 is 0 Å². The van der Waals surface area contributed by atoms with Gasteiger partial charge in [0.05, 0.1) is 29.3 Å². The van der Waals surface area contributed by atoms with Gasteiger partial charge in [0.15, 0.2) is 0 Å². The normalized spacial score (nSPS) is 28.5. The number of ether oxygens (including phenoxy) is 1. The number of rotatable bonds is 4. The first-order valence-corrected chi connectivity index (χ1v) is 8.13. The molecule has 2 aliphatic rings. The number of thiazole rings is 1. The highest BCUT2D eigenvalue weighted by Crippen LogP contribution is 2.29. The Balaban J connectivity index is 1.55. The van der Waals surface area contributed by atoms with Crippen molar-refractivity contribution in [3.8, 4) is 0 Å². The highest BCUT2D eigenvalue weighted by Gasteiger charge is 2.35. The quantitative estimate of drug-likeness (QED) is 0.796. The molecule has 1 saturated carbocycles. The van der Waals surface area contributed by atoms with Crippen molar-refractivity contribution >= 4 is 22.9 Å². The molecule has 0 aromatic carbocycles. The fraction of sp³-hybridized carbons (Fsp3) is 0.769. The van der Waals surface area contributed by atoms with E-state index in [1.54, 1.807) is 11.3 Å². The molecule has 2 fully saturated rings. The lowest BCUT2D eigenvalue weighted by Gasteiger charge is -2.37. The Kier molecular flexibility index (Phi) is 4.19. The molecule has 0 spiro atoms. The van der Waals surface area contributed by atoms with E-state index in [4.69, 9.17) is 16.3 Å². The van der Waals surface area contributed by atoms with Gasteiger partial charge in [-0.25, -0.2) is 4.98 Å². The topological polar surface area (TPSA) is 25.4 Å². The highest BCUT2D eigenvalue weighted by molar-refractivity contribution is 7.09. The van der Waals surface area contributed by atoms with Gasteiger partial charge in [0.1, 0.15) is 0 Å². The molecule has 5 heteroatoms. The van der Waals surface area contributed by atoms with Gasteiger partial charge in [0.25, 0.3) is 0 Å². The second-order valence-corrected chi connectivity index (χ2v) is 6.27. The standard InChI is InChI=1S/C13H19ClN2OS/c14-8-10-9-18-13(15-10)4-5-16-6-7-17-12-3-1-2-11(12)16/h9,11-12H,1-8H2. The Labute approximate surface area is 117 Å². The second kappa shape index (κ2) is 5.87. The summed E-state index contributed by atoms with van der Waals surface area (Å²) < 4.78 is 5.83. The molecule has 0 bridgehead atoms. The summed E-state index contributed by atoms with van der Waals surface area (Å²) in [5.74, 6) is 0.527. The van der Waals surface area contributed by atoms with Crippen molar-refractivity contribution in [3.63, 3.8) is 0 Å². The van der Waals surface area contributed by atoms with E-state index in [0.29, 0.717) is 18.0 Å². The van der Waals surface area contributed by atoms with E-state index in [1.807, 2.05) is 0 Å². The number of fused-ring (bicyclic) bond motifs is 1. The SMILES string of the molecule is ClCc1csc(CCN2CCOC3CCCC32)n1. The predicted octanol–water partition coefficient (Wildman–Crippen LogP) is 2.68. The molecule has 2 atom stereocenters. The number of alkyl halides is 1. The monoisotopic (exact) mass is 286 g/mol. The van der Waals surface area contributed by atoms with Gasteiger partial charge in [-0.15, -0.1) is 22.9 Å². The lowest BCUT2D eigenvalue weighted by Crippen LogP contribution is -2.49. The number of hydrogen-bond acceptors (Lipinski definition) is 4. The van der Waals surface area contributed by atoms with Crippen LogP contribution in [0.15, 0.2) is 5.38 Å². The van der Waals surface area contributed by atoms with Gasteiger partial charge in [0.2, 0.25) is 0 Å². The summed E-state index contributed by atoms with van der Waals surface area (Å²) in [7, 11) is 0. The smallest absolute Gasteiger partial charge is 0.0941 e. The van der Waals surface area contributed by atoms with Gasteiger partial charge in [-0.05, 0) is 19.3 Å². The maximum absolute atomic E-state index is 5.83. The first kappa shape index (κ1) is 12.9. The zero-order valence-corrected chi connectivity index (χ0v) is 12.1. The van der Waals surface area contributed by atoms with Gasteiger partial charge in [0, 0.05) is 30.9 Å². The van der Waals surface area contributed by atoms with Crippen molar-refractivity contribution in [1.29, 1.82) is 0 Å². The molecule has 0 amide bonds. The fourth-order valence-electron chi connectivity index (χ4n) is 3.05. The third-order valence-electron chi connectivity index (χ3n) is 3.95. The number of halogens is 1. The summed E-state index contributed by atoms with van der Waals surface area (Å²) in [4.78, 5) is 7.13. The Morgan fingerprint density at radius 3 is 3.28 bits per heavy atom. The van der Waals surface area contributed by atoms with E-state index in [0.717, 1.165) is 31.8 Å². The third-order valence-corrected chi connectivity index (χ3v) is 5.18. The Hall–Kier alpha value is -0.160. The molecule has 18 heavy (non-hydrogen) atoms. The van der Waals surface area contributed by atoms with Crippen LogP contribution in [0, 0.1) is 0 Å². The summed E-state index contributed by atoms with van der Waals surface area (Å²) in [5.41, 5.74) is 1.01.